The molecule has 4 rings (SSSR count). The van der Waals surface area contributed by atoms with E-state index in [-0.39, 0.29) is 5.60 Å². The Morgan fingerprint density at radius 1 is 1.04 bits per heavy atom. The lowest BCUT2D eigenvalue weighted by Gasteiger charge is -2.58. The summed E-state index contributed by atoms with van der Waals surface area (Å²) in [5.74, 6) is 2.24. The Hall–Kier alpha value is -0.640. The molecule has 0 radical (unpaired) electrons. The molecule has 0 heterocycles. The molecule has 2 unspecified atom stereocenters. The van der Waals surface area contributed by atoms with Crippen LogP contribution in [0.25, 0.3) is 0 Å². The van der Waals surface area contributed by atoms with Gasteiger partial charge in [-0.2, -0.15) is 0 Å². The van der Waals surface area contributed by atoms with Gasteiger partial charge in [0.05, 0.1) is 5.60 Å². The Balaban J connectivity index is 1.30. The van der Waals surface area contributed by atoms with Crippen LogP contribution < -0.4 is 10.6 Å². The molecule has 4 aliphatic carbocycles. The number of rotatable bonds is 9. The van der Waals surface area contributed by atoms with Crippen molar-refractivity contribution in [3.63, 3.8) is 0 Å². The highest BCUT2D eigenvalue weighted by Crippen LogP contribution is 2.55. The van der Waals surface area contributed by atoms with Crippen LogP contribution in [-0.2, 0) is 0 Å². The van der Waals surface area contributed by atoms with E-state index in [0.717, 1.165) is 51.2 Å². The molecular formula is C22H38N2O. The van der Waals surface area contributed by atoms with Crippen LogP contribution in [-0.4, -0.2) is 36.4 Å². The molecule has 3 heteroatoms. The summed E-state index contributed by atoms with van der Waals surface area (Å²) in [5, 5.41) is 18.0. The first-order chi connectivity index (χ1) is 12.0. The van der Waals surface area contributed by atoms with Crippen LogP contribution in [0.3, 0.4) is 0 Å². The van der Waals surface area contributed by atoms with E-state index < -0.39 is 0 Å². The predicted octanol–water partition coefficient (Wildman–Crippen LogP) is 3.80. The molecule has 0 aromatic carbocycles. The van der Waals surface area contributed by atoms with Gasteiger partial charge < -0.3 is 15.7 Å². The normalized spacial score (nSPS) is 36.7. The first-order valence-corrected chi connectivity index (χ1v) is 10.4. The SMILES string of the molecule is CC(C)=CCC/C(C)=C/CNCCNC1C2CC3CC1CC(O)(C3)C2. The van der Waals surface area contributed by atoms with Gasteiger partial charge in [0, 0.05) is 25.7 Å². The summed E-state index contributed by atoms with van der Waals surface area (Å²) in [6.07, 6.45) is 12.8. The highest BCUT2D eigenvalue weighted by Gasteiger charge is 2.54. The van der Waals surface area contributed by atoms with Crippen LogP contribution in [0.15, 0.2) is 23.3 Å². The zero-order chi connectivity index (χ0) is 17.9. The van der Waals surface area contributed by atoms with Crippen molar-refractivity contribution < 1.29 is 5.11 Å². The summed E-state index contributed by atoms with van der Waals surface area (Å²) in [6.45, 7) is 9.61. The minimum absolute atomic E-state index is 0.305. The molecule has 4 bridgehead atoms. The first-order valence-electron chi connectivity index (χ1n) is 10.4. The lowest BCUT2D eigenvalue weighted by atomic mass is 9.52. The molecule has 0 saturated heterocycles. The lowest BCUT2D eigenvalue weighted by molar-refractivity contribution is -0.138. The van der Waals surface area contributed by atoms with Crippen molar-refractivity contribution in [1.82, 2.24) is 10.6 Å². The lowest BCUT2D eigenvalue weighted by Crippen LogP contribution is -2.61. The number of hydrogen-bond acceptors (Lipinski definition) is 3. The van der Waals surface area contributed by atoms with Crippen LogP contribution in [0.5, 0.6) is 0 Å². The summed E-state index contributed by atoms with van der Waals surface area (Å²) < 4.78 is 0. The average molecular weight is 347 g/mol. The van der Waals surface area contributed by atoms with Gasteiger partial charge in [-0.05, 0) is 83.5 Å². The summed E-state index contributed by atoms with van der Waals surface area (Å²) >= 11 is 0. The molecule has 3 N–H and O–H groups in total. The highest BCUT2D eigenvalue weighted by atomic mass is 16.3. The molecule has 4 fully saturated rings. The number of allylic oxidation sites excluding steroid dienone is 3. The summed E-state index contributed by atoms with van der Waals surface area (Å²) in [6, 6.07) is 0.653. The van der Waals surface area contributed by atoms with E-state index in [9.17, 15) is 5.11 Å². The van der Waals surface area contributed by atoms with E-state index in [1.807, 2.05) is 0 Å². The Kier molecular flexibility index (Phi) is 6.40. The quantitative estimate of drug-likeness (QED) is 0.439. The number of hydrogen-bond donors (Lipinski definition) is 3. The molecule has 0 aromatic rings. The van der Waals surface area contributed by atoms with E-state index >= 15 is 0 Å². The predicted molar refractivity (Wildman–Crippen MR) is 106 cm³/mol. The van der Waals surface area contributed by atoms with Crippen molar-refractivity contribution in [3.8, 4) is 0 Å². The zero-order valence-electron chi connectivity index (χ0n) is 16.5. The molecule has 0 amide bonds. The summed E-state index contributed by atoms with van der Waals surface area (Å²) in [7, 11) is 0. The van der Waals surface area contributed by atoms with E-state index in [1.54, 1.807) is 0 Å². The smallest absolute Gasteiger partial charge is 0.0657 e. The Morgan fingerprint density at radius 2 is 1.76 bits per heavy atom. The molecule has 3 nitrogen and oxygen atoms in total. The Morgan fingerprint density at radius 3 is 2.40 bits per heavy atom. The molecule has 25 heavy (non-hydrogen) atoms. The first kappa shape index (κ1) is 19.1. The van der Waals surface area contributed by atoms with Crippen LogP contribution in [0, 0.1) is 17.8 Å². The van der Waals surface area contributed by atoms with Gasteiger partial charge >= 0.3 is 0 Å². The molecule has 0 aliphatic heterocycles. The van der Waals surface area contributed by atoms with E-state index in [2.05, 4.69) is 43.6 Å². The van der Waals surface area contributed by atoms with Crippen molar-refractivity contribution in [1.29, 1.82) is 0 Å². The maximum absolute atomic E-state index is 10.7. The highest BCUT2D eigenvalue weighted by molar-refractivity contribution is 5.08. The van der Waals surface area contributed by atoms with Crippen molar-refractivity contribution in [2.24, 2.45) is 17.8 Å². The second-order valence-corrected chi connectivity index (χ2v) is 9.25. The Bertz CT molecular complexity index is 490. The zero-order valence-corrected chi connectivity index (χ0v) is 16.5. The number of nitrogens with one attached hydrogen (secondary N) is 2. The maximum Gasteiger partial charge on any atom is 0.0657 e. The molecule has 2 atom stereocenters. The third-order valence-corrected chi connectivity index (χ3v) is 6.61. The van der Waals surface area contributed by atoms with Crippen molar-refractivity contribution in [2.75, 3.05) is 19.6 Å². The average Bonchev–Trinajstić information content (AvgIpc) is 2.50. The molecule has 4 aliphatic rings. The fraction of sp³-hybridized carbons (Fsp3) is 0.818. The molecule has 4 saturated carbocycles. The van der Waals surface area contributed by atoms with Gasteiger partial charge in [-0.15, -0.1) is 0 Å². The fourth-order valence-corrected chi connectivity index (χ4v) is 5.68. The van der Waals surface area contributed by atoms with Crippen LogP contribution in [0.2, 0.25) is 0 Å². The number of aliphatic hydroxyl groups is 1. The monoisotopic (exact) mass is 346 g/mol. The van der Waals surface area contributed by atoms with E-state index in [0.29, 0.717) is 17.9 Å². The fourth-order valence-electron chi connectivity index (χ4n) is 5.68. The van der Waals surface area contributed by atoms with Crippen molar-refractivity contribution in [3.05, 3.63) is 23.3 Å². The van der Waals surface area contributed by atoms with Crippen LogP contribution in [0.4, 0.5) is 0 Å². The third-order valence-electron chi connectivity index (χ3n) is 6.61. The molecule has 0 aromatic heterocycles. The van der Waals surface area contributed by atoms with Crippen molar-refractivity contribution >= 4 is 0 Å². The molecule has 0 spiro atoms. The topological polar surface area (TPSA) is 44.3 Å². The van der Waals surface area contributed by atoms with Crippen LogP contribution >= 0.6 is 0 Å². The van der Waals surface area contributed by atoms with Crippen LogP contribution in [0.1, 0.15) is 65.7 Å². The van der Waals surface area contributed by atoms with Gasteiger partial charge in [0.25, 0.3) is 0 Å². The second-order valence-electron chi connectivity index (χ2n) is 9.25. The van der Waals surface area contributed by atoms with Gasteiger partial charge in [-0.3, -0.25) is 0 Å². The van der Waals surface area contributed by atoms with E-state index in [4.69, 9.17) is 0 Å². The van der Waals surface area contributed by atoms with E-state index in [1.165, 1.54) is 30.4 Å². The minimum atomic E-state index is -0.305. The summed E-state index contributed by atoms with van der Waals surface area (Å²) in [4.78, 5) is 0. The molecular weight excluding hydrogens is 308 g/mol. The molecule has 142 valence electrons. The minimum Gasteiger partial charge on any atom is -0.390 e. The van der Waals surface area contributed by atoms with Gasteiger partial charge in [0.2, 0.25) is 0 Å². The second kappa shape index (κ2) is 8.37. The third kappa shape index (κ3) is 5.18. The van der Waals surface area contributed by atoms with Gasteiger partial charge in [-0.1, -0.05) is 23.3 Å². The Labute approximate surface area is 154 Å². The van der Waals surface area contributed by atoms with Gasteiger partial charge in [-0.25, -0.2) is 0 Å². The summed E-state index contributed by atoms with van der Waals surface area (Å²) in [5.41, 5.74) is 2.59. The maximum atomic E-state index is 10.7. The van der Waals surface area contributed by atoms with Gasteiger partial charge in [0.1, 0.15) is 0 Å². The van der Waals surface area contributed by atoms with Crippen molar-refractivity contribution in [2.45, 2.75) is 77.4 Å². The largest absolute Gasteiger partial charge is 0.390 e. The van der Waals surface area contributed by atoms with Gasteiger partial charge in [0.15, 0.2) is 0 Å². The standard InChI is InChI=1S/C22H38N2O/c1-16(2)5-4-6-17(3)7-8-23-9-10-24-21-19-11-18-12-20(21)15-22(25,13-18)14-19/h5,7,18-21,23-25H,4,6,8-15H2,1-3H3/b17-7+.